The van der Waals surface area contributed by atoms with Crippen LogP contribution in [0.3, 0.4) is 0 Å². The molecule has 0 radical (unpaired) electrons. The van der Waals surface area contributed by atoms with E-state index < -0.39 is 28.6 Å². The van der Waals surface area contributed by atoms with Gasteiger partial charge in [0.2, 0.25) is 10.0 Å². The summed E-state index contributed by atoms with van der Waals surface area (Å²) in [4.78, 5) is 11.1. The zero-order chi connectivity index (χ0) is 15.3. The van der Waals surface area contributed by atoms with E-state index in [4.69, 9.17) is 21.4 Å². The smallest absolute Gasteiger partial charge is 0.326 e. The Labute approximate surface area is 121 Å². The van der Waals surface area contributed by atoms with Gasteiger partial charge in [-0.2, -0.15) is 4.72 Å². The highest BCUT2D eigenvalue weighted by molar-refractivity contribution is 7.89. The Morgan fingerprint density at radius 2 is 2.10 bits per heavy atom. The molecule has 0 aliphatic heterocycles. The second kappa shape index (κ2) is 6.89. The van der Waals surface area contributed by atoms with Crippen LogP contribution in [0.2, 0.25) is 5.02 Å². The normalized spacial score (nSPS) is 12.8. The quantitative estimate of drug-likeness (QED) is 0.723. The molecule has 0 amide bonds. The highest BCUT2D eigenvalue weighted by atomic mass is 35.5. The predicted molar refractivity (Wildman–Crippen MR) is 71.2 cm³/mol. The number of hydrogen-bond donors (Lipinski definition) is 2. The Morgan fingerprint density at radius 1 is 1.45 bits per heavy atom. The Balaban J connectivity index is 3.04. The number of benzene rings is 1. The lowest BCUT2D eigenvalue weighted by Crippen LogP contribution is -2.43. The van der Waals surface area contributed by atoms with Crippen molar-refractivity contribution in [2.24, 2.45) is 0 Å². The van der Waals surface area contributed by atoms with Crippen LogP contribution in [0, 0.1) is 0 Å². The number of nitrogens with one attached hydrogen (secondary N) is 1. The molecular formula is C11H14ClNO6S. The molecule has 0 saturated carbocycles. The van der Waals surface area contributed by atoms with E-state index in [1.54, 1.807) is 0 Å². The molecule has 1 aromatic rings. The lowest BCUT2D eigenvalue weighted by molar-refractivity contribution is -0.143. The van der Waals surface area contributed by atoms with Gasteiger partial charge >= 0.3 is 5.97 Å². The van der Waals surface area contributed by atoms with Crippen molar-refractivity contribution < 1.29 is 27.8 Å². The lowest BCUT2D eigenvalue weighted by Gasteiger charge is -2.14. The molecule has 0 aliphatic rings. The van der Waals surface area contributed by atoms with E-state index in [1.807, 2.05) is 4.72 Å². The number of carbonyl (C=O) groups excluding carboxylic acids is 1. The fraction of sp³-hybridized carbons (Fsp3) is 0.364. The van der Waals surface area contributed by atoms with Crippen LogP contribution in [0.1, 0.15) is 0 Å². The summed E-state index contributed by atoms with van der Waals surface area (Å²) in [5, 5.41) is 9.11. The molecule has 1 unspecified atom stereocenters. The molecule has 1 atom stereocenters. The van der Waals surface area contributed by atoms with Gasteiger partial charge in [0.25, 0.3) is 0 Å². The molecule has 0 heterocycles. The van der Waals surface area contributed by atoms with Crippen molar-refractivity contribution in [3.8, 4) is 5.75 Å². The minimum absolute atomic E-state index is 0.106. The van der Waals surface area contributed by atoms with Crippen LogP contribution in [0.15, 0.2) is 23.1 Å². The zero-order valence-corrected chi connectivity index (χ0v) is 12.4. The molecule has 20 heavy (non-hydrogen) atoms. The fourth-order valence-corrected chi connectivity index (χ4v) is 2.90. The van der Waals surface area contributed by atoms with Crippen molar-refractivity contribution in [1.82, 2.24) is 4.72 Å². The Kier molecular flexibility index (Phi) is 5.75. The van der Waals surface area contributed by atoms with Crippen molar-refractivity contribution in [1.29, 1.82) is 0 Å². The van der Waals surface area contributed by atoms with Gasteiger partial charge in [-0.15, -0.1) is 0 Å². The minimum Gasteiger partial charge on any atom is -0.495 e. The molecule has 0 bridgehead atoms. The number of ether oxygens (including phenoxy) is 2. The second-order valence-electron chi connectivity index (χ2n) is 3.68. The number of aliphatic hydroxyl groups excluding tert-OH is 1. The molecule has 1 rings (SSSR count). The van der Waals surface area contributed by atoms with Crippen molar-refractivity contribution in [3.63, 3.8) is 0 Å². The first-order valence-corrected chi connectivity index (χ1v) is 7.26. The summed E-state index contributed by atoms with van der Waals surface area (Å²) in [6.45, 7) is -0.726. The van der Waals surface area contributed by atoms with Gasteiger partial charge in [0.15, 0.2) is 0 Å². The number of methoxy groups -OCH3 is 2. The first-order chi connectivity index (χ1) is 9.35. The average Bonchev–Trinajstić information content (AvgIpc) is 2.43. The van der Waals surface area contributed by atoms with Gasteiger partial charge in [0.1, 0.15) is 11.8 Å². The van der Waals surface area contributed by atoms with E-state index in [1.165, 1.54) is 25.3 Å². The maximum atomic E-state index is 12.0. The van der Waals surface area contributed by atoms with Gasteiger partial charge in [0.05, 0.1) is 30.7 Å². The van der Waals surface area contributed by atoms with Crippen molar-refractivity contribution in [2.45, 2.75) is 10.9 Å². The fourth-order valence-electron chi connectivity index (χ4n) is 1.37. The average molecular weight is 324 g/mol. The third-order valence-electron chi connectivity index (χ3n) is 2.40. The standard InChI is InChI=1S/C11H14ClNO6S/c1-18-10-4-3-7(5-8(10)12)20(16,17)13-9(6-14)11(15)19-2/h3-5,9,13-14H,6H2,1-2H3. The van der Waals surface area contributed by atoms with Gasteiger partial charge in [-0.3, -0.25) is 4.79 Å². The molecule has 1 aromatic carbocycles. The molecule has 7 nitrogen and oxygen atoms in total. The predicted octanol–water partition coefficient (Wildman–Crippen LogP) is 0.161. The van der Waals surface area contributed by atoms with E-state index in [-0.39, 0.29) is 9.92 Å². The van der Waals surface area contributed by atoms with Crippen LogP contribution >= 0.6 is 11.6 Å². The number of esters is 1. The topological polar surface area (TPSA) is 102 Å². The van der Waals surface area contributed by atoms with E-state index in [2.05, 4.69) is 4.74 Å². The summed E-state index contributed by atoms with van der Waals surface area (Å²) >= 11 is 5.84. The van der Waals surface area contributed by atoms with Gasteiger partial charge in [-0.1, -0.05) is 11.6 Å². The summed E-state index contributed by atoms with van der Waals surface area (Å²) in [5.74, 6) is -0.576. The van der Waals surface area contributed by atoms with E-state index in [9.17, 15) is 13.2 Å². The minimum atomic E-state index is -4.03. The van der Waals surface area contributed by atoms with Crippen LogP contribution in [0.4, 0.5) is 0 Å². The molecule has 0 aromatic heterocycles. The highest BCUT2D eigenvalue weighted by Crippen LogP contribution is 2.26. The molecule has 112 valence electrons. The number of aliphatic hydroxyl groups is 1. The van der Waals surface area contributed by atoms with Crippen molar-refractivity contribution in [2.75, 3.05) is 20.8 Å². The zero-order valence-electron chi connectivity index (χ0n) is 10.8. The van der Waals surface area contributed by atoms with Crippen LogP contribution in [0.5, 0.6) is 5.75 Å². The third-order valence-corrected chi connectivity index (χ3v) is 4.16. The van der Waals surface area contributed by atoms with Crippen molar-refractivity contribution >= 4 is 27.6 Å². The molecule has 9 heteroatoms. The Bertz CT molecular complexity index is 589. The molecule has 0 spiro atoms. The maximum Gasteiger partial charge on any atom is 0.326 e. The number of halogens is 1. The molecule has 2 N–H and O–H groups in total. The second-order valence-corrected chi connectivity index (χ2v) is 5.80. The monoisotopic (exact) mass is 323 g/mol. The first-order valence-electron chi connectivity index (χ1n) is 5.40. The highest BCUT2D eigenvalue weighted by Gasteiger charge is 2.26. The number of sulfonamides is 1. The van der Waals surface area contributed by atoms with Gasteiger partial charge < -0.3 is 14.6 Å². The van der Waals surface area contributed by atoms with Gasteiger partial charge in [0, 0.05) is 0 Å². The van der Waals surface area contributed by atoms with E-state index in [0.29, 0.717) is 5.75 Å². The molecule has 0 saturated heterocycles. The number of hydrogen-bond acceptors (Lipinski definition) is 6. The first kappa shape index (κ1) is 16.7. The van der Waals surface area contributed by atoms with Crippen LogP contribution in [-0.4, -0.2) is 46.4 Å². The summed E-state index contributed by atoms with van der Waals surface area (Å²) in [7, 11) is -1.54. The summed E-state index contributed by atoms with van der Waals surface area (Å²) in [6.07, 6.45) is 0. The third kappa shape index (κ3) is 3.83. The lowest BCUT2D eigenvalue weighted by atomic mass is 10.3. The molecule has 0 fully saturated rings. The maximum absolute atomic E-state index is 12.0. The SMILES string of the molecule is COC(=O)C(CO)NS(=O)(=O)c1ccc(OC)c(Cl)c1. The van der Waals surface area contributed by atoms with Crippen LogP contribution in [0.25, 0.3) is 0 Å². The summed E-state index contributed by atoms with van der Waals surface area (Å²) < 4.78 is 35.4. The molecular weight excluding hydrogens is 310 g/mol. The molecule has 0 aliphatic carbocycles. The van der Waals surface area contributed by atoms with E-state index >= 15 is 0 Å². The van der Waals surface area contributed by atoms with Crippen molar-refractivity contribution in [3.05, 3.63) is 23.2 Å². The van der Waals surface area contributed by atoms with Crippen LogP contribution in [-0.2, 0) is 19.6 Å². The summed E-state index contributed by atoms with van der Waals surface area (Å²) in [6, 6.07) is 2.43. The van der Waals surface area contributed by atoms with Gasteiger partial charge in [-0.05, 0) is 18.2 Å². The summed E-state index contributed by atoms with van der Waals surface area (Å²) in [5.41, 5.74) is 0. The largest absolute Gasteiger partial charge is 0.495 e. The van der Waals surface area contributed by atoms with Gasteiger partial charge in [-0.25, -0.2) is 8.42 Å². The van der Waals surface area contributed by atoms with E-state index in [0.717, 1.165) is 7.11 Å². The number of carbonyl (C=O) groups is 1. The van der Waals surface area contributed by atoms with Crippen LogP contribution < -0.4 is 9.46 Å². The Hall–Kier alpha value is -1.35. The Morgan fingerprint density at radius 3 is 2.55 bits per heavy atom. The number of rotatable bonds is 6.